The normalized spacial score (nSPS) is 19.4. The van der Waals surface area contributed by atoms with Gasteiger partial charge in [0.25, 0.3) is 0 Å². The molecular formula is C14H19N3O2. The third-order valence-electron chi connectivity index (χ3n) is 3.99. The lowest BCUT2D eigenvalue weighted by Gasteiger charge is -2.33. The summed E-state index contributed by atoms with van der Waals surface area (Å²) in [5, 5.41) is 2.88. The number of hydrogen-bond acceptors (Lipinski definition) is 4. The van der Waals surface area contributed by atoms with E-state index < -0.39 is 0 Å². The van der Waals surface area contributed by atoms with Crippen LogP contribution in [-0.2, 0) is 16.0 Å². The Kier molecular flexibility index (Phi) is 3.06. The Labute approximate surface area is 112 Å². The smallest absolute Gasteiger partial charge is 0.228 e. The van der Waals surface area contributed by atoms with Gasteiger partial charge >= 0.3 is 0 Å². The standard InChI is InChI=1S/C14H19N3O2/c1-19-10-2-4-17(5-3-10)13-8-12-9(6-11(13)15)7-14(18)16-12/h6,8,10H,2-5,7,15H2,1H3,(H,16,18). The van der Waals surface area contributed by atoms with Crippen LogP contribution in [0.5, 0.6) is 0 Å². The molecule has 1 saturated heterocycles. The zero-order valence-electron chi connectivity index (χ0n) is 11.1. The van der Waals surface area contributed by atoms with Gasteiger partial charge in [-0.2, -0.15) is 0 Å². The Morgan fingerprint density at radius 3 is 2.79 bits per heavy atom. The third-order valence-corrected chi connectivity index (χ3v) is 3.99. The summed E-state index contributed by atoms with van der Waals surface area (Å²) < 4.78 is 5.38. The molecule has 0 aromatic heterocycles. The number of fused-ring (bicyclic) bond motifs is 1. The Hall–Kier alpha value is -1.75. The van der Waals surface area contributed by atoms with Gasteiger partial charge in [-0.1, -0.05) is 0 Å². The van der Waals surface area contributed by atoms with E-state index in [0.29, 0.717) is 12.5 Å². The highest BCUT2D eigenvalue weighted by atomic mass is 16.5. The Balaban J connectivity index is 1.82. The van der Waals surface area contributed by atoms with Crippen molar-refractivity contribution >= 4 is 23.0 Å². The fourth-order valence-electron chi connectivity index (χ4n) is 2.89. The lowest BCUT2D eigenvalue weighted by atomic mass is 10.0. The van der Waals surface area contributed by atoms with E-state index in [4.69, 9.17) is 10.5 Å². The average molecular weight is 261 g/mol. The van der Waals surface area contributed by atoms with E-state index in [1.165, 1.54) is 0 Å². The molecule has 5 heteroatoms. The van der Waals surface area contributed by atoms with E-state index in [1.807, 2.05) is 12.1 Å². The second-order valence-corrected chi connectivity index (χ2v) is 5.22. The lowest BCUT2D eigenvalue weighted by Crippen LogP contribution is -2.37. The quantitative estimate of drug-likeness (QED) is 0.789. The maximum absolute atomic E-state index is 11.4. The van der Waals surface area contributed by atoms with Crippen LogP contribution in [0, 0.1) is 0 Å². The molecule has 1 fully saturated rings. The number of anilines is 3. The topological polar surface area (TPSA) is 67.6 Å². The fourth-order valence-corrected chi connectivity index (χ4v) is 2.89. The first-order chi connectivity index (χ1) is 9.17. The summed E-state index contributed by atoms with van der Waals surface area (Å²) in [5.41, 5.74) is 9.81. The second-order valence-electron chi connectivity index (χ2n) is 5.22. The first-order valence-electron chi connectivity index (χ1n) is 6.67. The Morgan fingerprint density at radius 1 is 1.37 bits per heavy atom. The summed E-state index contributed by atoms with van der Waals surface area (Å²) in [7, 11) is 1.76. The molecule has 0 unspecified atom stereocenters. The lowest BCUT2D eigenvalue weighted by molar-refractivity contribution is -0.115. The maximum atomic E-state index is 11.4. The summed E-state index contributed by atoms with van der Waals surface area (Å²) in [4.78, 5) is 13.7. The second kappa shape index (κ2) is 4.74. The molecule has 2 heterocycles. The molecule has 0 atom stereocenters. The van der Waals surface area contributed by atoms with Gasteiger partial charge in [-0.25, -0.2) is 0 Å². The molecule has 2 aliphatic heterocycles. The minimum absolute atomic E-state index is 0.0460. The van der Waals surface area contributed by atoms with Crippen molar-refractivity contribution in [2.24, 2.45) is 0 Å². The number of nitrogens with zero attached hydrogens (tertiary/aromatic N) is 1. The first-order valence-corrected chi connectivity index (χ1v) is 6.67. The van der Waals surface area contributed by atoms with Crippen molar-refractivity contribution in [3.8, 4) is 0 Å². The van der Waals surface area contributed by atoms with E-state index in [2.05, 4.69) is 10.2 Å². The molecule has 3 rings (SSSR count). The highest BCUT2D eigenvalue weighted by Gasteiger charge is 2.24. The molecule has 0 spiro atoms. The van der Waals surface area contributed by atoms with Crippen molar-refractivity contribution in [3.05, 3.63) is 17.7 Å². The number of rotatable bonds is 2. The fraction of sp³-hybridized carbons (Fsp3) is 0.500. The predicted molar refractivity (Wildman–Crippen MR) is 75.4 cm³/mol. The number of carbonyl (C=O) groups excluding carboxylic acids is 1. The molecule has 0 bridgehead atoms. The van der Waals surface area contributed by atoms with Crippen LogP contribution in [0.4, 0.5) is 17.1 Å². The van der Waals surface area contributed by atoms with Crippen LogP contribution >= 0.6 is 0 Å². The van der Waals surface area contributed by atoms with Crippen molar-refractivity contribution in [1.29, 1.82) is 0 Å². The van der Waals surface area contributed by atoms with Gasteiger partial charge in [0.1, 0.15) is 0 Å². The van der Waals surface area contributed by atoms with Gasteiger partial charge in [-0.3, -0.25) is 4.79 Å². The Morgan fingerprint density at radius 2 is 2.11 bits per heavy atom. The van der Waals surface area contributed by atoms with Crippen LogP contribution in [-0.4, -0.2) is 32.2 Å². The number of piperidine rings is 1. The largest absolute Gasteiger partial charge is 0.397 e. The number of nitrogen functional groups attached to an aromatic ring is 1. The molecule has 0 saturated carbocycles. The third kappa shape index (κ3) is 2.26. The minimum atomic E-state index is 0.0460. The molecule has 102 valence electrons. The predicted octanol–water partition coefficient (Wildman–Crippen LogP) is 1.38. The molecule has 1 amide bonds. The summed E-state index contributed by atoms with van der Waals surface area (Å²) in [6.45, 7) is 1.88. The highest BCUT2D eigenvalue weighted by molar-refractivity contribution is 6.00. The number of methoxy groups -OCH3 is 1. The van der Waals surface area contributed by atoms with E-state index in [1.54, 1.807) is 7.11 Å². The van der Waals surface area contributed by atoms with Gasteiger partial charge in [0, 0.05) is 25.9 Å². The number of nitrogens with one attached hydrogen (secondary N) is 1. The van der Waals surface area contributed by atoms with Gasteiger partial charge in [0.15, 0.2) is 0 Å². The maximum Gasteiger partial charge on any atom is 0.228 e. The minimum Gasteiger partial charge on any atom is -0.397 e. The van der Waals surface area contributed by atoms with Gasteiger partial charge in [0.05, 0.1) is 23.9 Å². The molecule has 1 aromatic carbocycles. The zero-order chi connectivity index (χ0) is 13.4. The molecule has 3 N–H and O–H groups in total. The summed E-state index contributed by atoms with van der Waals surface area (Å²) in [5.74, 6) is 0.0460. The first kappa shape index (κ1) is 12.3. The number of benzene rings is 1. The van der Waals surface area contributed by atoms with E-state index in [0.717, 1.165) is 48.6 Å². The number of hydrogen-bond donors (Lipinski definition) is 2. The van der Waals surface area contributed by atoms with E-state index in [-0.39, 0.29) is 5.91 Å². The van der Waals surface area contributed by atoms with Crippen molar-refractivity contribution in [2.45, 2.75) is 25.4 Å². The number of amides is 1. The molecular weight excluding hydrogens is 242 g/mol. The van der Waals surface area contributed by atoms with Crippen molar-refractivity contribution in [2.75, 3.05) is 36.1 Å². The SMILES string of the molecule is COC1CCN(c2cc3c(cc2N)CC(=O)N3)CC1. The number of nitrogens with two attached hydrogens (primary N) is 1. The number of ether oxygens (including phenoxy) is 1. The zero-order valence-corrected chi connectivity index (χ0v) is 11.1. The van der Waals surface area contributed by atoms with Gasteiger partial charge in [-0.05, 0) is 30.5 Å². The van der Waals surface area contributed by atoms with Crippen molar-refractivity contribution in [3.63, 3.8) is 0 Å². The molecule has 1 aromatic rings. The van der Waals surface area contributed by atoms with Crippen LogP contribution in [0.1, 0.15) is 18.4 Å². The molecule has 5 nitrogen and oxygen atoms in total. The summed E-state index contributed by atoms with van der Waals surface area (Å²) in [6.07, 6.45) is 2.82. The molecule has 0 aliphatic carbocycles. The van der Waals surface area contributed by atoms with Crippen molar-refractivity contribution in [1.82, 2.24) is 0 Å². The Bertz CT molecular complexity index is 508. The number of carbonyl (C=O) groups is 1. The molecule has 2 aliphatic rings. The van der Waals surface area contributed by atoms with Crippen LogP contribution in [0.25, 0.3) is 0 Å². The van der Waals surface area contributed by atoms with Gasteiger partial charge in [-0.15, -0.1) is 0 Å². The van der Waals surface area contributed by atoms with Crippen LogP contribution < -0.4 is 16.0 Å². The highest BCUT2D eigenvalue weighted by Crippen LogP contribution is 2.35. The summed E-state index contributed by atoms with van der Waals surface area (Å²) >= 11 is 0. The average Bonchev–Trinajstić information content (AvgIpc) is 2.77. The summed E-state index contributed by atoms with van der Waals surface area (Å²) in [6, 6.07) is 3.92. The monoisotopic (exact) mass is 261 g/mol. The molecule has 19 heavy (non-hydrogen) atoms. The van der Waals surface area contributed by atoms with Crippen molar-refractivity contribution < 1.29 is 9.53 Å². The van der Waals surface area contributed by atoms with E-state index in [9.17, 15) is 4.79 Å². The van der Waals surface area contributed by atoms with E-state index >= 15 is 0 Å². The molecule has 0 radical (unpaired) electrons. The van der Waals surface area contributed by atoms with Crippen LogP contribution in [0.3, 0.4) is 0 Å². The van der Waals surface area contributed by atoms with Crippen LogP contribution in [0.2, 0.25) is 0 Å². The van der Waals surface area contributed by atoms with Crippen LogP contribution in [0.15, 0.2) is 12.1 Å². The van der Waals surface area contributed by atoms with Gasteiger partial charge < -0.3 is 20.7 Å². The van der Waals surface area contributed by atoms with Gasteiger partial charge in [0.2, 0.25) is 5.91 Å².